The highest BCUT2D eigenvalue weighted by atomic mass is 16.6. The van der Waals surface area contributed by atoms with Gasteiger partial charge in [0.05, 0.1) is 5.70 Å². The average Bonchev–Trinajstić information content (AvgIpc) is 2.55. The van der Waals surface area contributed by atoms with Crippen LogP contribution in [0, 0.1) is 0 Å². The molecule has 116 valence electrons. The molecule has 1 heterocycles. The number of alkyl carbamates (subject to hydrolysis) is 1. The van der Waals surface area contributed by atoms with Gasteiger partial charge in [0.2, 0.25) is 0 Å². The zero-order valence-electron chi connectivity index (χ0n) is 12.7. The van der Waals surface area contributed by atoms with Gasteiger partial charge in [-0.2, -0.15) is 0 Å². The molecule has 1 fully saturated rings. The van der Waals surface area contributed by atoms with Crippen LogP contribution in [0.25, 0.3) is 5.57 Å². The number of rotatable bonds is 5. The monoisotopic (exact) mass is 298 g/mol. The molecule has 4 nitrogen and oxygen atoms in total. The summed E-state index contributed by atoms with van der Waals surface area (Å²) in [6.45, 7) is 9.49. The summed E-state index contributed by atoms with van der Waals surface area (Å²) in [4.78, 5) is 12.1. The summed E-state index contributed by atoms with van der Waals surface area (Å²) in [7, 11) is 0. The third-order valence-corrected chi connectivity index (χ3v) is 3.53. The predicted octanol–water partition coefficient (Wildman–Crippen LogP) is 3.25. The molecule has 0 bridgehead atoms. The first-order valence-corrected chi connectivity index (χ1v) is 7.46. The Labute approximate surface area is 131 Å². The van der Waals surface area contributed by atoms with Crippen molar-refractivity contribution in [2.75, 3.05) is 13.1 Å². The third kappa shape index (κ3) is 4.60. The molecule has 1 aliphatic heterocycles. The van der Waals surface area contributed by atoms with Crippen molar-refractivity contribution >= 4 is 11.7 Å². The van der Waals surface area contributed by atoms with Crippen molar-refractivity contribution in [1.29, 1.82) is 0 Å². The number of nitrogens with one attached hydrogen (secondary N) is 2. The molecule has 1 aromatic rings. The predicted molar refractivity (Wildman–Crippen MR) is 89.3 cm³/mol. The van der Waals surface area contributed by atoms with Crippen molar-refractivity contribution in [3.05, 3.63) is 66.9 Å². The maximum Gasteiger partial charge on any atom is 0.411 e. The molecule has 0 aromatic heterocycles. The SMILES string of the molecule is C=C/C=C(/NC(=O)OC1CCNCC1)C(=C)c1ccccc1. The van der Waals surface area contributed by atoms with E-state index in [0.29, 0.717) is 5.70 Å². The standard InChI is InChI=1S/C18H22N2O2/c1-3-7-17(14(2)15-8-5-4-6-9-15)20-18(21)22-16-10-12-19-13-11-16/h3-9,16,19H,1-2,10-13H2,(H,20,21)/b17-7+. The molecule has 0 saturated carbocycles. The van der Waals surface area contributed by atoms with Crippen molar-refractivity contribution in [3.8, 4) is 0 Å². The summed E-state index contributed by atoms with van der Waals surface area (Å²) in [6, 6.07) is 9.68. The summed E-state index contributed by atoms with van der Waals surface area (Å²) in [5.74, 6) is 0. The summed E-state index contributed by atoms with van der Waals surface area (Å²) in [6.07, 6.45) is 4.54. The van der Waals surface area contributed by atoms with E-state index in [1.165, 1.54) is 0 Å². The van der Waals surface area contributed by atoms with Crippen molar-refractivity contribution in [2.45, 2.75) is 18.9 Å². The Balaban J connectivity index is 1.99. The highest BCUT2D eigenvalue weighted by Gasteiger charge is 2.18. The number of hydrogen-bond donors (Lipinski definition) is 2. The Morgan fingerprint density at radius 3 is 2.59 bits per heavy atom. The van der Waals surface area contributed by atoms with E-state index in [4.69, 9.17) is 4.74 Å². The first-order valence-electron chi connectivity index (χ1n) is 7.46. The highest BCUT2D eigenvalue weighted by Crippen LogP contribution is 2.19. The molecule has 0 aliphatic carbocycles. The molecule has 2 rings (SSSR count). The Hall–Kier alpha value is -2.33. The lowest BCUT2D eigenvalue weighted by Crippen LogP contribution is -2.36. The van der Waals surface area contributed by atoms with Crippen LogP contribution in [0.4, 0.5) is 4.79 Å². The second kappa shape index (κ2) is 8.20. The van der Waals surface area contributed by atoms with Crippen LogP contribution < -0.4 is 10.6 Å². The second-order valence-electron chi connectivity index (χ2n) is 5.14. The number of ether oxygens (including phenoxy) is 1. The number of carbonyl (C=O) groups is 1. The second-order valence-corrected chi connectivity index (χ2v) is 5.14. The largest absolute Gasteiger partial charge is 0.446 e. The van der Waals surface area contributed by atoms with Crippen LogP contribution >= 0.6 is 0 Å². The first kappa shape index (κ1) is 16.0. The van der Waals surface area contributed by atoms with Crippen molar-refractivity contribution < 1.29 is 9.53 Å². The minimum Gasteiger partial charge on any atom is -0.446 e. The van der Waals surface area contributed by atoms with Gasteiger partial charge >= 0.3 is 6.09 Å². The zero-order valence-corrected chi connectivity index (χ0v) is 12.7. The molecule has 0 radical (unpaired) electrons. The molecule has 2 N–H and O–H groups in total. The zero-order chi connectivity index (χ0) is 15.8. The maximum atomic E-state index is 12.1. The van der Waals surface area contributed by atoms with E-state index in [2.05, 4.69) is 23.8 Å². The van der Waals surface area contributed by atoms with E-state index in [1.54, 1.807) is 12.2 Å². The lowest BCUT2D eigenvalue weighted by atomic mass is 10.0. The Morgan fingerprint density at radius 1 is 1.27 bits per heavy atom. The third-order valence-electron chi connectivity index (χ3n) is 3.53. The smallest absolute Gasteiger partial charge is 0.411 e. The molecule has 1 amide bonds. The molecule has 4 heteroatoms. The highest BCUT2D eigenvalue weighted by molar-refractivity contribution is 5.83. The molecular formula is C18H22N2O2. The summed E-state index contributed by atoms with van der Waals surface area (Å²) in [5, 5.41) is 6.01. The number of allylic oxidation sites excluding steroid dienone is 3. The normalized spacial score (nSPS) is 15.9. The Kier molecular flexibility index (Phi) is 5.98. The number of carbonyl (C=O) groups excluding carboxylic acids is 1. The quantitative estimate of drug-likeness (QED) is 0.820. The van der Waals surface area contributed by atoms with E-state index in [0.717, 1.165) is 37.1 Å². The Morgan fingerprint density at radius 2 is 1.95 bits per heavy atom. The van der Waals surface area contributed by atoms with Gasteiger partial charge in [0.1, 0.15) is 6.10 Å². The molecule has 0 unspecified atom stereocenters. The average molecular weight is 298 g/mol. The van der Waals surface area contributed by atoms with Crippen LogP contribution in [0.3, 0.4) is 0 Å². The van der Waals surface area contributed by atoms with Crippen molar-refractivity contribution in [2.24, 2.45) is 0 Å². The van der Waals surface area contributed by atoms with Crippen LogP contribution in [0.2, 0.25) is 0 Å². The lowest BCUT2D eigenvalue weighted by molar-refractivity contribution is 0.0817. The molecule has 1 aliphatic rings. The van der Waals surface area contributed by atoms with E-state index in [-0.39, 0.29) is 6.10 Å². The molecule has 1 aromatic carbocycles. The minimum absolute atomic E-state index is 0.0313. The van der Waals surface area contributed by atoms with Gasteiger partial charge in [0.25, 0.3) is 0 Å². The van der Waals surface area contributed by atoms with Gasteiger partial charge in [0.15, 0.2) is 0 Å². The van der Waals surface area contributed by atoms with E-state index >= 15 is 0 Å². The van der Waals surface area contributed by atoms with Crippen LogP contribution in [-0.4, -0.2) is 25.3 Å². The van der Waals surface area contributed by atoms with E-state index in [9.17, 15) is 4.79 Å². The fourth-order valence-corrected chi connectivity index (χ4v) is 2.33. The molecule has 0 atom stereocenters. The molecule has 0 spiro atoms. The summed E-state index contributed by atoms with van der Waals surface area (Å²) >= 11 is 0. The Bertz CT molecular complexity index is 558. The van der Waals surface area contributed by atoms with Gasteiger partial charge in [-0.15, -0.1) is 0 Å². The number of amides is 1. The molecular weight excluding hydrogens is 276 g/mol. The van der Waals surface area contributed by atoms with E-state index < -0.39 is 6.09 Å². The van der Waals surface area contributed by atoms with Gasteiger partial charge in [0, 0.05) is 0 Å². The minimum atomic E-state index is -0.447. The fraction of sp³-hybridized carbons (Fsp3) is 0.278. The molecule has 1 saturated heterocycles. The lowest BCUT2D eigenvalue weighted by Gasteiger charge is -2.23. The van der Waals surface area contributed by atoms with Gasteiger partial charge < -0.3 is 10.1 Å². The topological polar surface area (TPSA) is 50.4 Å². The first-order chi connectivity index (χ1) is 10.7. The van der Waals surface area contributed by atoms with Gasteiger partial charge in [-0.25, -0.2) is 4.79 Å². The number of benzene rings is 1. The summed E-state index contributed by atoms with van der Waals surface area (Å²) in [5.41, 5.74) is 2.26. The van der Waals surface area contributed by atoms with Gasteiger partial charge in [-0.05, 0) is 43.1 Å². The number of hydrogen-bond acceptors (Lipinski definition) is 3. The van der Waals surface area contributed by atoms with E-state index in [1.807, 2.05) is 30.3 Å². The van der Waals surface area contributed by atoms with Crippen LogP contribution in [0.5, 0.6) is 0 Å². The van der Waals surface area contributed by atoms with Crippen molar-refractivity contribution in [3.63, 3.8) is 0 Å². The van der Waals surface area contributed by atoms with Crippen LogP contribution in [0.15, 0.2) is 61.3 Å². The maximum absolute atomic E-state index is 12.1. The number of piperidine rings is 1. The van der Waals surface area contributed by atoms with Gasteiger partial charge in [-0.3, -0.25) is 5.32 Å². The van der Waals surface area contributed by atoms with Crippen molar-refractivity contribution in [1.82, 2.24) is 10.6 Å². The fourth-order valence-electron chi connectivity index (χ4n) is 2.33. The van der Waals surface area contributed by atoms with Crippen LogP contribution in [-0.2, 0) is 4.74 Å². The van der Waals surface area contributed by atoms with Gasteiger partial charge in [-0.1, -0.05) is 49.6 Å². The summed E-state index contributed by atoms with van der Waals surface area (Å²) < 4.78 is 5.45. The molecule has 22 heavy (non-hydrogen) atoms. The van der Waals surface area contributed by atoms with Crippen LogP contribution in [0.1, 0.15) is 18.4 Å².